The largest absolute Gasteiger partial charge is 0.377 e. The number of halogens is 3. The smallest absolute Gasteiger partial charge is 0.135 e. The van der Waals surface area contributed by atoms with Crippen LogP contribution in [0.25, 0.3) is 0 Å². The van der Waals surface area contributed by atoms with Crippen LogP contribution in [0.3, 0.4) is 0 Å². The van der Waals surface area contributed by atoms with Crippen LogP contribution in [0.2, 0.25) is 0 Å². The zero-order valence-electron chi connectivity index (χ0n) is 5.80. The van der Waals surface area contributed by atoms with Gasteiger partial charge in [-0.2, -0.15) is 0 Å². The number of allylic oxidation sites excluding steroid dienone is 1. The third kappa shape index (κ3) is 2.86. The maximum Gasteiger partial charge on any atom is 0.135 e. The molecule has 1 N–H and O–H groups in total. The third-order valence-corrected chi connectivity index (χ3v) is 4.00. The van der Waals surface area contributed by atoms with Crippen LogP contribution in [0.5, 0.6) is 0 Å². The Morgan fingerprint density at radius 2 is 2.45 bits per heavy atom. The molecule has 0 amide bonds. The van der Waals surface area contributed by atoms with Crippen molar-refractivity contribution in [1.29, 1.82) is 0 Å². The maximum atomic E-state index is 9.16. The Labute approximate surface area is 93.5 Å². The van der Waals surface area contributed by atoms with Gasteiger partial charge < -0.3 is 5.11 Å². The lowest BCUT2D eigenvalue weighted by molar-refractivity contribution is 0.200. The van der Waals surface area contributed by atoms with Gasteiger partial charge in [0.25, 0.3) is 0 Å². The molecule has 0 aromatic rings. The summed E-state index contributed by atoms with van der Waals surface area (Å²) in [5, 5.41) is 9.16. The van der Waals surface area contributed by atoms with Crippen molar-refractivity contribution in [2.75, 3.05) is 0 Å². The highest BCUT2D eigenvalue weighted by molar-refractivity contribution is 14.1. The molecular formula is C7H9BrClIO. The average Bonchev–Trinajstić information content (AvgIpc) is 1.94. The van der Waals surface area contributed by atoms with Crippen LogP contribution < -0.4 is 0 Å². The number of aliphatic hydroxyl groups is 1. The zero-order valence-corrected chi connectivity index (χ0v) is 10.3. The lowest BCUT2D eigenvalue weighted by Crippen LogP contribution is -2.21. The molecule has 0 spiro atoms. The normalized spacial score (nSPS) is 34.7. The Morgan fingerprint density at radius 1 is 1.82 bits per heavy atom. The van der Waals surface area contributed by atoms with Crippen LogP contribution in [0, 0.1) is 5.92 Å². The predicted molar refractivity (Wildman–Crippen MR) is 59.4 cm³/mol. The summed E-state index contributed by atoms with van der Waals surface area (Å²) in [7, 11) is 0. The highest BCUT2D eigenvalue weighted by atomic mass is 127. The molecular weight excluding hydrogens is 342 g/mol. The molecule has 1 aliphatic rings. The molecule has 0 heterocycles. The summed E-state index contributed by atoms with van der Waals surface area (Å²) in [5.41, 5.74) is -0.752. The molecule has 3 atom stereocenters. The molecule has 0 aromatic carbocycles. The van der Waals surface area contributed by atoms with Gasteiger partial charge in [0.1, 0.15) is 5.56 Å². The Kier molecular flexibility index (Phi) is 4.15. The van der Waals surface area contributed by atoms with Crippen molar-refractivity contribution in [3.05, 3.63) is 10.6 Å². The van der Waals surface area contributed by atoms with Gasteiger partial charge in [-0.15, -0.1) is 0 Å². The molecule has 11 heavy (non-hydrogen) atoms. The summed E-state index contributed by atoms with van der Waals surface area (Å²) in [5.74, 6) is 0.0901. The molecule has 1 aliphatic carbocycles. The van der Waals surface area contributed by atoms with Gasteiger partial charge in [0, 0.05) is 9.84 Å². The highest BCUT2D eigenvalue weighted by Gasteiger charge is 2.26. The van der Waals surface area contributed by atoms with E-state index in [1.165, 1.54) is 0 Å². The van der Waals surface area contributed by atoms with Gasteiger partial charge >= 0.3 is 0 Å². The van der Waals surface area contributed by atoms with E-state index in [1.54, 1.807) is 0 Å². The second-order valence-corrected chi connectivity index (χ2v) is 5.76. The lowest BCUT2D eigenvalue weighted by Gasteiger charge is -2.24. The van der Waals surface area contributed by atoms with Gasteiger partial charge in [0.2, 0.25) is 0 Å². The average molecular weight is 351 g/mol. The summed E-state index contributed by atoms with van der Waals surface area (Å²) < 4.78 is 1.65. The number of aliphatic hydroxyl groups excluding tert-OH is 1. The van der Waals surface area contributed by atoms with Gasteiger partial charge in [-0.3, -0.25) is 0 Å². The molecule has 1 nitrogen and oxygen atoms in total. The SMILES string of the molecule is OC(Cl)C1CC(I)CC=C1Br. The number of hydrogen-bond acceptors (Lipinski definition) is 1. The first-order chi connectivity index (χ1) is 5.11. The van der Waals surface area contributed by atoms with Crippen molar-refractivity contribution < 1.29 is 5.11 Å². The number of alkyl halides is 2. The van der Waals surface area contributed by atoms with Crippen molar-refractivity contribution in [3.63, 3.8) is 0 Å². The number of hydrogen-bond donors (Lipinski definition) is 1. The molecule has 0 aliphatic heterocycles. The summed E-state index contributed by atoms with van der Waals surface area (Å²) >= 11 is 11.4. The van der Waals surface area contributed by atoms with Crippen molar-refractivity contribution in [1.82, 2.24) is 0 Å². The first-order valence-corrected chi connectivity index (χ1v) is 5.90. The van der Waals surface area contributed by atoms with Crippen molar-refractivity contribution in [2.24, 2.45) is 5.92 Å². The first-order valence-electron chi connectivity index (χ1n) is 3.43. The molecule has 64 valence electrons. The van der Waals surface area contributed by atoms with E-state index >= 15 is 0 Å². The molecule has 0 bridgehead atoms. The predicted octanol–water partition coefficient (Wildman–Crippen LogP) is 3.04. The van der Waals surface area contributed by atoms with Crippen LogP contribution in [0.15, 0.2) is 10.6 Å². The topological polar surface area (TPSA) is 20.2 Å². The second kappa shape index (κ2) is 4.44. The van der Waals surface area contributed by atoms with E-state index in [2.05, 4.69) is 44.6 Å². The van der Waals surface area contributed by atoms with Gasteiger partial charge in [0.15, 0.2) is 0 Å². The first kappa shape index (κ1) is 10.3. The molecule has 0 aromatic heterocycles. The minimum atomic E-state index is -0.752. The van der Waals surface area contributed by atoms with Crippen molar-refractivity contribution in [3.8, 4) is 0 Å². The van der Waals surface area contributed by atoms with Gasteiger partial charge in [0.05, 0.1) is 0 Å². The van der Waals surface area contributed by atoms with Gasteiger partial charge in [-0.05, 0) is 17.3 Å². The van der Waals surface area contributed by atoms with Gasteiger partial charge in [-0.25, -0.2) is 0 Å². The summed E-state index contributed by atoms with van der Waals surface area (Å²) in [6.07, 6.45) is 4.13. The summed E-state index contributed by atoms with van der Waals surface area (Å²) in [6, 6.07) is 0. The lowest BCUT2D eigenvalue weighted by atomic mass is 9.96. The summed E-state index contributed by atoms with van der Waals surface area (Å²) in [6.45, 7) is 0. The molecule has 3 unspecified atom stereocenters. The molecule has 1 rings (SSSR count). The van der Waals surface area contributed by atoms with E-state index in [0.717, 1.165) is 17.3 Å². The summed E-state index contributed by atoms with van der Waals surface area (Å²) in [4.78, 5) is 0. The minimum Gasteiger partial charge on any atom is -0.377 e. The monoisotopic (exact) mass is 350 g/mol. The third-order valence-electron chi connectivity index (χ3n) is 1.76. The molecule has 4 heteroatoms. The Balaban J connectivity index is 2.64. The van der Waals surface area contributed by atoms with Crippen LogP contribution in [-0.2, 0) is 0 Å². The number of rotatable bonds is 1. The fourth-order valence-corrected chi connectivity index (χ4v) is 2.94. The molecule has 0 saturated carbocycles. The molecule has 0 saturated heterocycles. The van der Waals surface area contributed by atoms with E-state index in [1.807, 2.05) is 0 Å². The Morgan fingerprint density at radius 3 is 2.91 bits per heavy atom. The van der Waals surface area contributed by atoms with Crippen molar-refractivity contribution in [2.45, 2.75) is 22.3 Å². The van der Waals surface area contributed by atoms with Crippen LogP contribution >= 0.6 is 50.1 Å². The Hall–Kier alpha value is 1.20. The quantitative estimate of drug-likeness (QED) is 0.569. The minimum absolute atomic E-state index is 0.0901. The molecule has 0 fully saturated rings. The molecule has 0 radical (unpaired) electrons. The van der Waals surface area contributed by atoms with Crippen molar-refractivity contribution >= 4 is 50.1 Å². The maximum absolute atomic E-state index is 9.16. The van der Waals surface area contributed by atoms with Crippen LogP contribution in [-0.4, -0.2) is 14.6 Å². The van der Waals surface area contributed by atoms with E-state index in [-0.39, 0.29) is 5.92 Å². The fourth-order valence-electron chi connectivity index (χ4n) is 1.12. The van der Waals surface area contributed by atoms with Gasteiger partial charge in [-0.1, -0.05) is 56.2 Å². The van der Waals surface area contributed by atoms with Crippen LogP contribution in [0.1, 0.15) is 12.8 Å². The Bertz CT molecular complexity index is 172. The zero-order chi connectivity index (χ0) is 8.43. The van der Waals surface area contributed by atoms with Crippen LogP contribution in [0.4, 0.5) is 0 Å². The standard InChI is InChI=1S/C7H9BrClIO/c8-6-2-1-4(10)3-5(6)7(9)11/h2,4-5,7,11H,1,3H2. The fraction of sp³-hybridized carbons (Fsp3) is 0.714. The van der Waals surface area contributed by atoms with E-state index in [0.29, 0.717) is 3.92 Å². The second-order valence-electron chi connectivity index (χ2n) is 2.64. The van der Waals surface area contributed by atoms with E-state index < -0.39 is 5.56 Å². The van der Waals surface area contributed by atoms with E-state index in [9.17, 15) is 0 Å². The van der Waals surface area contributed by atoms with E-state index in [4.69, 9.17) is 16.7 Å². The highest BCUT2D eigenvalue weighted by Crippen LogP contribution is 2.35.